The van der Waals surface area contributed by atoms with Gasteiger partial charge in [-0.15, -0.1) is 0 Å². The molecule has 0 saturated carbocycles. The lowest BCUT2D eigenvalue weighted by Gasteiger charge is -2.33. The second-order valence-corrected chi connectivity index (χ2v) is 9.67. The van der Waals surface area contributed by atoms with Crippen LogP contribution in [0.4, 0.5) is 0 Å². The van der Waals surface area contributed by atoms with E-state index in [1.807, 2.05) is 12.1 Å². The van der Waals surface area contributed by atoms with Crippen LogP contribution in [0.5, 0.6) is 0 Å². The van der Waals surface area contributed by atoms with Crippen molar-refractivity contribution in [2.75, 3.05) is 6.54 Å². The standard InChI is InChI=1S/C19H20BrClN2O3S/c20-15-7-9-17(10-8-15)27(25,26)23-11-2-1-6-18(23)19(24)22-13-14-4-3-5-16(21)12-14/h3-5,7-10,12,18H,1-2,6,11,13H2,(H,22,24). The fourth-order valence-corrected chi connectivity index (χ4v) is 5.28. The highest BCUT2D eigenvalue weighted by atomic mass is 79.9. The molecule has 1 aliphatic heterocycles. The van der Waals surface area contributed by atoms with Crippen LogP contribution >= 0.6 is 27.5 Å². The Morgan fingerprint density at radius 3 is 2.63 bits per heavy atom. The molecule has 1 aliphatic rings. The summed E-state index contributed by atoms with van der Waals surface area (Å²) in [7, 11) is -3.73. The van der Waals surface area contributed by atoms with Crippen molar-refractivity contribution in [3.05, 3.63) is 63.6 Å². The van der Waals surface area contributed by atoms with Crippen molar-refractivity contribution in [3.8, 4) is 0 Å². The fraction of sp³-hybridized carbons (Fsp3) is 0.316. The molecule has 1 unspecified atom stereocenters. The van der Waals surface area contributed by atoms with E-state index in [4.69, 9.17) is 11.6 Å². The molecule has 5 nitrogen and oxygen atoms in total. The van der Waals surface area contributed by atoms with Crippen molar-refractivity contribution in [1.29, 1.82) is 0 Å². The highest BCUT2D eigenvalue weighted by Crippen LogP contribution is 2.26. The van der Waals surface area contributed by atoms with Crippen LogP contribution in [0.1, 0.15) is 24.8 Å². The largest absolute Gasteiger partial charge is 0.351 e. The van der Waals surface area contributed by atoms with Gasteiger partial charge in [0, 0.05) is 22.6 Å². The lowest BCUT2D eigenvalue weighted by Crippen LogP contribution is -2.51. The molecule has 1 N–H and O–H groups in total. The van der Waals surface area contributed by atoms with E-state index >= 15 is 0 Å². The van der Waals surface area contributed by atoms with Crippen LogP contribution in [0.3, 0.4) is 0 Å². The number of hydrogen-bond donors (Lipinski definition) is 1. The third-order valence-corrected chi connectivity index (χ3v) is 7.22. The van der Waals surface area contributed by atoms with E-state index in [0.29, 0.717) is 24.5 Å². The molecule has 8 heteroatoms. The number of nitrogens with zero attached hydrogens (tertiary/aromatic N) is 1. The maximum absolute atomic E-state index is 13.0. The number of piperidine rings is 1. The summed E-state index contributed by atoms with van der Waals surface area (Å²) < 4.78 is 28.2. The zero-order valence-electron chi connectivity index (χ0n) is 14.6. The molecular weight excluding hydrogens is 452 g/mol. The Morgan fingerprint density at radius 2 is 1.93 bits per heavy atom. The van der Waals surface area contributed by atoms with Gasteiger partial charge in [0.05, 0.1) is 4.90 Å². The van der Waals surface area contributed by atoms with Crippen LogP contribution in [0, 0.1) is 0 Å². The minimum Gasteiger partial charge on any atom is -0.351 e. The summed E-state index contributed by atoms with van der Waals surface area (Å²) in [6, 6.07) is 13.0. The van der Waals surface area contributed by atoms with Crippen LogP contribution in [0.2, 0.25) is 5.02 Å². The SMILES string of the molecule is O=C(NCc1cccc(Cl)c1)C1CCCCN1S(=O)(=O)c1ccc(Br)cc1. The second-order valence-electron chi connectivity index (χ2n) is 6.43. The lowest BCUT2D eigenvalue weighted by molar-refractivity contribution is -0.125. The van der Waals surface area contributed by atoms with E-state index < -0.39 is 16.1 Å². The summed E-state index contributed by atoms with van der Waals surface area (Å²) in [6.45, 7) is 0.649. The fourth-order valence-electron chi connectivity index (χ4n) is 3.15. The summed E-state index contributed by atoms with van der Waals surface area (Å²) >= 11 is 9.28. The smallest absolute Gasteiger partial charge is 0.243 e. The summed E-state index contributed by atoms with van der Waals surface area (Å²) in [5, 5.41) is 3.44. The van der Waals surface area contributed by atoms with Crippen LogP contribution < -0.4 is 5.32 Å². The Balaban J connectivity index is 1.76. The Labute approximate surface area is 172 Å². The van der Waals surface area contributed by atoms with Crippen molar-refractivity contribution < 1.29 is 13.2 Å². The Hall–Kier alpha value is -1.41. The molecule has 144 valence electrons. The molecule has 0 radical (unpaired) electrons. The van der Waals surface area contributed by atoms with Crippen molar-refractivity contribution in [3.63, 3.8) is 0 Å². The predicted molar refractivity (Wildman–Crippen MR) is 109 cm³/mol. The summed E-state index contributed by atoms with van der Waals surface area (Å²) in [5.41, 5.74) is 0.869. The number of rotatable bonds is 5. The number of sulfonamides is 1. The molecule has 1 saturated heterocycles. The minimum absolute atomic E-state index is 0.195. The maximum atomic E-state index is 13.0. The first-order valence-corrected chi connectivity index (χ1v) is 11.3. The molecule has 0 bridgehead atoms. The van der Waals surface area contributed by atoms with Gasteiger partial charge < -0.3 is 5.32 Å². The molecule has 0 spiro atoms. The van der Waals surface area contributed by atoms with Crippen molar-refractivity contribution in [2.45, 2.75) is 36.7 Å². The van der Waals surface area contributed by atoms with Gasteiger partial charge in [-0.3, -0.25) is 4.79 Å². The van der Waals surface area contributed by atoms with E-state index in [1.54, 1.807) is 36.4 Å². The molecule has 1 atom stereocenters. The van der Waals surface area contributed by atoms with Gasteiger partial charge in [-0.25, -0.2) is 8.42 Å². The normalized spacial score (nSPS) is 18.2. The number of carbonyl (C=O) groups excluding carboxylic acids is 1. The second kappa shape index (κ2) is 8.73. The van der Waals surface area contributed by atoms with E-state index in [9.17, 15) is 13.2 Å². The number of amides is 1. The number of halogens is 2. The molecule has 3 rings (SSSR count). The van der Waals surface area contributed by atoms with E-state index in [0.717, 1.165) is 22.9 Å². The maximum Gasteiger partial charge on any atom is 0.243 e. The summed E-state index contributed by atoms with van der Waals surface area (Å²) in [4.78, 5) is 12.9. The number of carbonyl (C=O) groups is 1. The quantitative estimate of drug-likeness (QED) is 0.718. The topological polar surface area (TPSA) is 66.5 Å². The van der Waals surface area contributed by atoms with Gasteiger partial charge in [-0.2, -0.15) is 4.31 Å². The zero-order chi connectivity index (χ0) is 19.4. The average molecular weight is 472 g/mol. The molecule has 0 aromatic heterocycles. The van der Waals surface area contributed by atoms with E-state index in [2.05, 4.69) is 21.2 Å². The number of hydrogen-bond acceptors (Lipinski definition) is 3. The molecule has 0 aliphatic carbocycles. The Morgan fingerprint density at radius 1 is 1.19 bits per heavy atom. The van der Waals surface area contributed by atoms with E-state index in [-0.39, 0.29) is 10.8 Å². The van der Waals surface area contributed by atoms with Crippen LogP contribution in [0.15, 0.2) is 57.9 Å². The molecule has 2 aromatic carbocycles. The Bertz CT molecular complexity index is 919. The van der Waals surface area contributed by atoms with Gasteiger partial charge in [0.2, 0.25) is 15.9 Å². The molecule has 1 fully saturated rings. The number of benzene rings is 2. The Kier molecular flexibility index (Phi) is 6.57. The van der Waals surface area contributed by atoms with Gasteiger partial charge in [0.15, 0.2) is 0 Å². The van der Waals surface area contributed by atoms with E-state index in [1.165, 1.54) is 4.31 Å². The first-order chi connectivity index (χ1) is 12.9. The van der Waals surface area contributed by atoms with Crippen LogP contribution in [-0.2, 0) is 21.4 Å². The molecule has 2 aromatic rings. The van der Waals surface area contributed by atoms with Gasteiger partial charge >= 0.3 is 0 Å². The van der Waals surface area contributed by atoms with Crippen molar-refractivity contribution in [1.82, 2.24) is 9.62 Å². The first-order valence-electron chi connectivity index (χ1n) is 8.67. The van der Waals surface area contributed by atoms with Crippen molar-refractivity contribution in [2.24, 2.45) is 0 Å². The molecule has 27 heavy (non-hydrogen) atoms. The minimum atomic E-state index is -3.73. The van der Waals surface area contributed by atoms with Gasteiger partial charge in [-0.1, -0.05) is 46.1 Å². The monoisotopic (exact) mass is 470 g/mol. The summed E-state index contributed by atoms with van der Waals surface area (Å²) in [5.74, 6) is -0.282. The molecule has 1 heterocycles. The van der Waals surface area contributed by atoms with Crippen molar-refractivity contribution >= 4 is 43.5 Å². The molecular formula is C19H20BrClN2O3S. The predicted octanol–water partition coefficient (Wildman–Crippen LogP) is 3.96. The average Bonchev–Trinajstić information content (AvgIpc) is 2.66. The third-order valence-electron chi connectivity index (χ3n) is 4.53. The summed E-state index contributed by atoms with van der Waals surface area (Å²) in [6.07, 6.45) is 2.08. The lowest BCUT2D eigenvalue weighted by atomic mass is 10.0. The van der Waals surface area contributed by atoms with Crippen LogP contribution in [0.25, 0.3) is 0 Å². The highest BCUT2D eigenvalue weighted by Gasteiger charge is 2.37. The van der Waals surface area contributed by atoms with Gasteiger partial charge in [0.1, 0.15) is 6.04 Å². The van der Waals surface area contributed by atoms with Gasteiger partial charge in [0.25, 0.3) is 0 Å². The third kappa shape index (κ3) is 4.90. The molecule has 1 amide bonds. The first kappa shape index (κ1) is 20.3. The van der Waals surface area contributed by atoms with Gasteiger partial charge in [-0.05, 0) is 54.8 Å². The zero-order valence-corrected chi connectivity index (χ0v) is 17.7. The number of nitrogens with one attached hydrogen (secondary N) is 1. The van der Waals surface area contributed by atoms with Crippen LogP contribution in [-0.4, -0.2) is 31.2 Å². The highest BCUT2D eigenvalue weighted by molar-refractivity contribution is 9.10.